The van der Waals surface area contributed by atoms with Gasteiger partial charge in [0, 0.05) is 25.3 Å². The van der Waals surface area contributed by atoms with Crippen LogP contribution in [0.1, 0.15) is 12.8 Å². The number of hydrogen-bond donors (Lipinski definition) is 3. The molecule has 0 unspecified atom stereocenters. The second-order valence-electron chi connectivity index (χ2n) is 5.06. The minimum atomic E-state index is -0.316. The van der Waals surface area contributed by atoms with E-state index in [1.54, 1.807) is 6.20 Å². The van der Waals surface area contributed by atoms with E-state index in [1.165, 1.54) is 10.9 Å². The van der Waals surface area contributed by atoms with Crippen LogP contribution in [0.2, 0.25) is 0 Å². The number of amides is 2. The van der Waals surface area contributed by atoms with Crippen LogP contribution in [0, 0.1) is 0 Å². The normalized spacial score (nSPS) is 17.0. The summed E-state index contributed by atoms with van der Waals surface area (Å²) in [6, 6.07) is 0.138. The topological polar surface area (TPSA) is 119 Å². The summed E-state index contributed by atoms with van der Waals surface area (Å²) in [5, 5.41) is 6.93. The molecule has 1 aromatic heterocycles. The summed E-state index contributed by atoms with van der Waals surface area (Å²) >= 11 is 0. The Bertz CT molecular complexity index is 478. The maximum atomic E-state index is 11.8. The van der Waals surface area contributed by atoms with Crippen molar-refractivity contribution in [2.45, 2.75) is 25.4 Å². The van der Waals surface area contributed by atoms with Gasteiger partial charge in [-0.15, -0.1) is 0 Å². The van der Waals surface area contributed by atoms with Gasteiger partial charge in [0.1, 0.15) is 6.54 Å². The van der Waals surface area contributed by atoms with E-state index in [-0.39, 0.29) is 30.9 Å². The average Bonchev–Trinajstić information content (AvgIpc) is 2.76. The lowest BCUT2D eigenvalue weighted by Gasteiger charge is -2.31. The molecule has 0 bridgehead atoms. The lowest BCUT2D eigenvalue weighted by atomic mass is 10.1. The van der Waals surface area contributed by atoms with E-state index < -0.39 is 0 Å². The molecule has 2 rings (SSSR count). The summed E-state index contributed by atoms with van der Waals surface area (Å²) in [7, 11) is 0. The highest BCUT2D eigenvalue weighted by Crippen LogP contribution is 2.09. The fourth-order valence-electron chi connectivity index (χ4n) is 2.34. The predicted octanol–water partition coefficient (Wildman–Crippen LogP) is -1.47. The number of anilines is 1. The lowest BCUT2D eigenvalue weighted by Crippen LogP contribution is -2.47. The van der Waals surface area contributed by atoms with E-state index in [2.05, 4.69) is 10.4 Å². The molecule has 110 valence electrons. The molecule has 5 N–H and O–H groups in total. The molecular formula is C12H20N6O2. The third-order valence-corrected chi connectivity index (χ3v) is 3.29. The summed E-state index contributed by atoms with van der Waals surface area (Å²) in [6.07, 6.45) is 4.77. The number of nitrogens with zero attached hydrogens (tertiary/aromatic N) is 3. The van der Waals surface area contributed by atoms with Crippen LogP contribution in [0.25, 0.3) is 0 Å². The molecule has 8 nitrogen and oxygen atoms in total. The number of piperidine rings is 1. The van der Waals surface area contributed by atoms with Gasteiger partial charge in [0.25, 0.3) is 0 Å². The molecule has 20 heavy (non-hydrogen) atoms. The summed E-state index contributed by atoms with van der Waals surface area (Å²) < 4.78 is 1.51. The van der Waals surface area contributed by atoms with Gasteiger partial charge >= 0.3 is 0 Å². The molecule has 2 amide bonds. The zero-order valence-corrected chi connectivity index (χ0v) is 11.3. The Morgan fingerprint density at radius 3 is 2.60 bits per heavy atom. The highest BCUT2D eigenvalue weighted by atomic mass is 16.2. The highest BCUT2D eigenvalue weighted by Gasteiger charge is 2.21. The van der Waals surface area contributed by atoms with E-state index in [0.717, 1.165) is 25.9 Å². The quantitative estimate of drug-likeness (QED) is 0.608. The molecule has 1 aromatic rings. The van der Waals surface area contributed by atoms with Crippen LogP contribution >= 0.6 is 0 Å². The fourth-order valence-corrected chi connectivity index (χ4v) is 2.34. The number of nitrogen functional groups attached to an aromatic ring is 1. The molecule has 0 spiro atoms. The summed E-state index contributed by atoms with van der Waals surface area (Å²) in [5.41, 5.74) is 11.2. The van der Waals surface area contributed by atoms with Gasteiger partial charge in [-0.25, -0.2) is 0 Å². The Labute approximate surface area is 117 Å². The van der Waals surface area contributed by atoms with E-state index in [0.29, 0.717) is 5.69 Å². The number of nitrogens with two attached hydrogens (primary N) is 2. The Morgan fingerprint density at radius 2 is 2.05 bits per heavy atom. The van der Waals surface area contributed by atoms with Gasteiger partial charge in [0.05, 0.1) is 18.4 Å². The maximum Gasteiger partial charge on any atom is 0.241 e. The smallest absolute Gasteiger partial charge is 0.241 e. The van der Waals surface area contributed by atoms with Crippen LogP contribution in [0.3, 0.4) is 0 Å². The monoisotopic (exact) mass is 280 g/mol. The SMILES string of the molecule is NC(=O)CN1CCC(NC(=O)Cn2cc(N)cn2)CC1. The largest absolute Gasteiger partial charge is 0.396 e. The average molecular weight is 280 g/mol. The number of carbonyl (C=O) groups excluding carboxylic acids is 2. The maximum absolute atomic E-state index is 11.8. The Hall–Kier alpha value is -2.09. The first kappa shape index (κ1) is 14.3. The molecule has 0 atom stereocenters. The number of likely N-dealkylation sites (tertiary alicyclic amines) is 1. The van der Waals surface area contributed by atoms with Crippen molar-refractivity contribution in [2.24, 2.45) is 5.73 Å². The van der Waals surface area contributed by atoms with Gasteiger partial charge in [-0.05, 0) is 12.8 Å². The van der Waals surface area contributed by atoms with Gasteiger partial charge in [-0.2, -0.15) is 5.10 Å². The van der Waals surface area contributed by atoms with E-state index in [1.807, 2.05) is 4.90 Å². The minimum Gasteiger partial charge on any atom is -0.396 e. The van der Waals surface area contributed by atoms with E-state index in [4.69, 9.17) is 11.5 Å². The van der Waals surface area contributed by atoms with Crippen LogP contribution in [0.5, 0.6) is 0 Å². The molecule has 0 aliphatic carbocycles. The van der Waals surface area contributed by atoms with Crippen molar-refractivity contribution in [2.75, 3.05) is 25.4 Å². The number of nitrogens with one attached hydrogen (secondary N) is 1. The Morgan fingerprint density at radius 1 is 1.35 bits per heavy atom. The second-order valence-corrected chi connectivity index (χ2v) is 5.06. The summed E-state index contributed by atoms with van der Waals surface area (Å²) in [5.74, 6) is -0.398. The zero-order chi connectivity index (χ0) is 14.5. The van der Waals surface area contributed by atoms with Crippen LogP contribution in [0.4, 0.5) is 5.69 Å². The van der Waals surface area contributed by atoms with Crippen molar-refractivity contribution in [3.8, 4) is 0 Å². The molecule has 0 radical (unpaired) electrons. The van der Waals surface area contributed by atoms with Crippen molar-refractivity contribution in [1.82, 2.24) is 20.0 Å². The molecule has 1 fully saturated rings. The van der Waals surface area contributed by atoms with E-state index in [9.17, 15) is 9.59 Å². The van der Waals surface area contributed by atoms with Crippen molar-refractivity contribution in [1.29, 1.82) is 0 Å². The Kier molecular flexibility index (Phi) is 4.57. The molecule has 1 aliphatic rings. The lowest BCUT2D eigenvalue weighted by molar-refractivity contribution is -0.123. The second kappa shape index (κ2) is 6.38. The molecular weight excluding hydrogens is 260 g/mol. The van der Waals surface area contributed by atoms with Crippen LogP contribution < -0.4 is 16.8 Å². The number of primary amides is 1. The molecule has 0 aromatic carbocycles. The van der Waals surface area contributed by atoms with Gasteiger partial charge in [-0.1, -0.05) is 0 Å². The highest BCUT2D eigenvalue weighted by molar-refractivity contribution is 5.76. The number of hydrogen-bond acceptors (Lipinski definition) is 5. The van der Waals surface area contributed by atoms with Crippen molar-refractivity contribution < 1.29 is 9.59 Å². The first-order chi connectivity index (χ1) is 9.52. The summed E-state index contributed by atoms with van der Waals surface area (Å²) in [6.45, 7) is 1.98. The van der Waals surface area contributed by atoms with Gasteiger partial charge < -0.3 is 16.8 Å². The van der Waals surface area contributed by atoms with Crippen molar-refractivity contribution >= 4 is 17.5 Å². The number of carbonyl (C=O) groups is 2. The van der Waals surface area contributed by atoms with Crippen LogP contribution in [-0.2, 0) is 16.1 Å². The molecule has 1 saturated heterocycles. The first-order valence-electron chi connectivity index (χ1n) is 6.61. The van der Waals surface area contributed by atoms with Gasteiger partial charge in [0.2, 0.25) is 11.8 Å². The zero-order valence-electron chi connectivity index (χ0n) is 11.3. The minimum absolute atomic E-state index is 0.0820. The van der Waals surface area contributed by atoms with Crippen molar-refractivity contribution in [3.63, 3.8) is 0 Å². The molecule has 0 saturated carbocycles. The van der Waals surface area contributed by atoms with E-state index >= 15 is 0 Å². The standard InChI is InChI=1S/C12H20N6O2/c13-9-5-15-18(6-9)8-12(20)16-10-1-3-17(4-2-10)7-11(14)19/h5-6,10H,1-4,7-8,13H2,(H2,14,19)(H,16,20). The molecule has 1 aliphatic heterocycles. The Balaban J connectivity index is 1.72. The third kappa shape index (κ3) is 4.23. The summed E-state index contributed by atoms with van der Waals surface area (Å²) in [4.78, 5) is 24.7. The number of aromatic nitrogens is 2. The van der Waals surface area contributed by atoms with Gasteiger partial charge in [-0.3, -0.25) is 19.2 Å². The molecule has 2 heterocycles. The first-order valence-corrected chi connectivity index (χ1v) is 6.61. The van der Waals surface area contributed by atoms with Gasteiger partial charge in [0.15, 0.2) is 0 Å². The third-order valence-electron chi connectivity index (χ3n) is 3.29. The number of rotatable bonds is 5. The predicted molar refractivity (Wildman–Crippen MR) is 73.4 cm³/mol. The van der Waals surface area contributed by atoms with Crippen molar-refractivity contribution in [3.05, 3.63) is 12.4 Å². The van der Waals surface area contributed by atoms with Crippen LogP contribution in [0.15, 0.2) is 12.4 Å². The van der Waals surface area contributed by atoms with Crippen LogP contribution in [-0.4, -0.2) is 52.2 Å². The molecule has 8 heteroatoms. The fraction of sp³-hybridized carbons (Fsp3) is 0.583.